The van der Waals surface area contributed by atoms with Crippen molar-refractivity contribution in [2.24, 2.45) is 0 Å². The maximum absolute atomic E-state index is 10.9. The Balaban J connectivity index is 3.12. The number of nitrogens with zero attached hydrogens (tertiary/aromatic N) is 1. The van der Waals surface area contributed by atoms with Crippen molar-refractivity contribution >= 4 is 11.8 Å². The highest BCUT2D eigenvalue weighted by molar-refractivity contribution is 5.38. The lowest BCUT2D eigenvalue weighted by Crippen LogP contribution is -2.11. The Labute approximate surface area is 63.9 Å². The van der Waals surface area contributed by atoms with Crippen molar-refractivity contribution in [3.63, 3.8) is 0 Å². The Morgan fingerprint density at radius 1 is 1.45 bits per heavy atom. The minimum atomic E-state index is -0.172. The van der Waals surface area contributed by atoms with E-state index in [1.165, 1.54) is 6.07 Å². The van der Waals surface area contributed by atoms with E-state index in [0.29, 0.717) is 11.8 Å². The number of H-pyrrole nitrogens is 1. The Hall–Kier alpha value is -1.52. The minimum absolute atomic E-state index is 0.172. The molecule has 0 radical (unpaired) electrons. The van der Waals surface area contributed by atoms with Crippen molar-refractivity contribution in [3.05, 3.63) is 16.4 Å². The summed E-state index contributed by atoms with van der Waals surface area (Å²) >= 11 is 0. The summed E-state index contributed by atoms with van der Waals surface area (Å²) in [7, 11) is 3.40. The summed E-state index contributed by atoms with van der Waals surface area (Å²) in [6.07, 6.45) is 0. The fourth-order valence-electron chi connectivity index (χ4n) is 0.704. The second-order valence-electron chi connectivity index (χ2n) is 1.98. The maximum Gasteiger partial charge on any atom is 0.254 e. The second-order valence-corrected chi connectivity index (χ2v) is 1.98. The monoisotopic (exact) mass is 154 g/mol. The molecule has 3 N–H and O–H groups in total. The molecule has 5 nitrogen and oxygen atoms in total. The first kappa shape index (κ1) is 7.59. The normalized spacial score (nSPS) is 9.27. The van der Waals surface area contributed by atoms with Crippen LogP contribution in [0.25, 0.3) is 0 Å². The molecule has 0 fully saturated rings. The number of hydrogen-bond donors (Lipinski definition) is 3. The van der Waals surface area contributed by atoms with Crippen LogP contribution in [-0.2, 0) is 0 Å². The molecular weight excluding hydrogens is 144 g/mol. The molecule has 60 valence electrons. The zero-order valence-electron chi connectivity index (χ0n) is 6.43. The zero-order chi connectivity index (χ0) is 8.27. The van der Waals surface area contributed by atoms with Crippen molar-refractivity contribution in [2.45, 2.75) is 0 Å². The van der Waals surface area contributed by atoms with Crippen LogP contribution in [0.5, 0.6) is 0 Å². The number of rotatable bonds is 2. The first-order chi connectivity index (χ1) is 5.26. The molecule has 5 heteroatoms. The van der Waals surface area contributed by atoms with Crippen molar-refractivity contribution in [3.8, 4) is 0 Å². The molecule has 0 aromatic carbocycles. The van der Waals surface area contributed by atoms with Crippen molar-refractivity contribution in [1.82, 2.24) is 9.97 Å². The minimum Gasteiger partial charge on any atom is -0.373 e. The summed E-state index contributed by atoms with van der Waals surface area (Å²) in [5, 5.41) is 5.51. The van der Waals surface area contributed by atoms with Gasteiger partial charge in [-0.25, -0.2) is 0 Å². The highest BCUT2D eigenvalue weighted by Gasteiger charge is 1.95. The summed E-state index contributed by atoms with van der Waals surface area (Å²) in [6, 6.07) is 1.39. The lowest BCUT2D eigenvalue weighted by molar-refractivity contribution is 1.11. The van der Waals surface area contributed by atoms with Crippen LogP contribution in [0.1, 0.15) is 0 Å². The predicted octanol–water partition coefficient (Wildman–Crippen LogP) is -0.147. The molecule has 0 atom stereocenters. The lowest BCUT2D eigenvalue weighted by atomic mass is 10.6. The summed E-state index contributed by atoms with van der Waals surface area (Å²) in [4.78, 5) is 17.4. The molecule has 1 rings (SSSR count). The van der Waals surface area contributed by atoms with Crippen LogP contribution in [0, 0.1) is 0 Å². The van der Waals surface area contributed by atoms with Gasteiger partial charge in [0.25, 0.3) is 5.56 Å². The topological polar surface area (TPSA) is 69.8 Å². The van der Waals surface area contributed by atoms with Gasteiger partial charge in [0.05, 0.1) is 0 Å². The van der Waals surface area contributed by atoms with E-state index in [0.717, 1.165) is 0 Å². The van der Waals surface area contributed by atoms with Gasteiger partial charge in [0.15, 0.2) is 0 Å². The van der Waals surface area contributed by atoms with Crippen LogP contribution < -0.4 is 16.2 Å². The van der Waals surface area contributed by atoms with Gasteiger partial charge in [-0.15, -0.1) is 0 Å². The van der Waals surface area contributed by atoms with E-state index < -0.39 is 0 Å². The van der Waals surface area contributed by atoms with E-state index in [1.807, 2.05) is 0 Å². The SMILES string of the molecule is CNc1cc(=O)[nH]c(NC)n1. The summed E-state index contributed by atoms with van der Waals surface area (Å²) in [5.41, 5.74) is -0.172. The van der Waals surface area contributed by atoms with Gasteiger partial charge in [0, 0.05) is 20.2 Å². The highest BCUT2D eigenvalue weighted by atomic mass is 16.1. The third-order valence-electron chi connectivity index (χ3n) is 1.23. The van der Waals surface area contributed by atoms with Crippen LogP contribution in [0.3, 0.4) is 0 Å². The molecule has 0 spiro atoms. The van der Waals surface area contributed by atoms with Crippen molar-refractivity contribution in [2.75, 3.05) is 24.7 Å². The van der Waals surface area contributed by atoms with Crippen LogP contribution in [0.15, 0.2) is 10.9 Å². The first-order valence-electron chi connectivity index (χ1n) is 3.23. The van der Waals surface area contributed by atoms with Crippen LogP contribution in [0.2, 0.25) is 0 Å². The maximum atomic E-state index is 10.9. The third-order valence-corrected chi connectivity index (χ3v) is 1.23. The van der Waals surface area contributed by atoms with Crippen LogP contribution in [0.4, 0.5) is 11.8 Å². The van der Waals surface area contributed by atoms with Crippen LogP contribution in [-0.4, -0.2) is 24.1 Å². The predicted molar refractivity (Wildman–Crippen MR) is 44.0 cm³/mol. The Morgan fingerprint density at radius 2 is 2.18 bits per heavy atom. The van der Waals surface area contributed by atoms with E-state index in [-0.39, 0.29) is 5.56 Å². The Bertz CT molecular complexity index is 268. The van der Waals surface area contributed by atoms with Gasteiger partial charge in [-0.1, -0.05) is 0 Å². The lowest BCUT2D eigenvalue weighted by Gasteiger charge is -2.00. The molecular formula is C6H10N4O. The number of aromatic amines is 1. The molecule has 11 heavy (non-hydrogen) atoms. The molecule has 0 bridgehead atoms. The molecule has 1 heterocycles. The molecule has 0 amide bonds. The largest absolute Gasteiger partial charge is 0.373 e. The van der Waals surface area contributed by atoms with E-state index in [4.69, 9.17) is 0 Å². The van der Waals surface area contributed by atoms with Crippen molar-refractivity contribution < 1.29 is 0 Å². The van der Waals surface area contributed by atoms with E-state index >= 15 is 0 Å². The number of hydrogen-bond acceptors (Lipinski definition) is 4. The summed E-state index contributed by atoms with van der Waals surface area (Å²) in [5.74, 6) is 1.01. The Kier molecular flexibility index (Phi) is 2.10. The molecule has 0 saturated carbocycles. The van der Waals surface area contributed by atoms with Gasteiger partial charge in [0.1, 0.15) is 5.82 Å². The first-order valence-corrected chi connectivity index (χ1v) is 3.23. The van der Waals surface area contributed by atoms with Gasteiger partial charge in [-0.05, 0) is 0 Å². The molecule has 0 aliphatic carbocycles. The fourth-order valence-corrected chi connectivity index (χ4v) is 0.704. The van der Waals surface area contributed by atoms with Gasteiger partial charge in [0.2, 0.25) is 5.95 Å². The molecule has 0 aliphatic heterocycles. The summed E-state index contributed by atoms with van der Waals surface area (Å²) in [6.45, 7) is 0. The zero-order valence-corrected chi connectivity index (χ0v) is 6.43. The standard InChI is InChI=1S/C6H10N4O/c1-7-4-3-5(11)10-6(8-2)9-4/h3H,1-2H3,(H3,7,8,9,10,11). The fraction of sp³-hybridized carbons (Fsp3) is 0.333. The third kappa shape index (κ3) is 1.70. The average molecular weight is 154 g/mol. The Morgan fingerprint density at radius 3 is 2.73 bits per heavy atom. The smallest absolute Gasteiger partial charge is 0.254 e. The number of aromatic nitrogens is 2. The molecule has 1 aromatic rings. The molecule has 0 saturated heterocycles. The van der Waals surface area contributed by atoms with Gasteiger partial charge < -0.3 is 10.6 Å². The quantitative estimate of drug-likeness (QED) is 0.554. The summed E-state index contributed by atoms with van der Waals surface area (Å²) < 4.78 is 0. The van der Waals surface area contributed by atoms with Gasteiger partial charge in [-0.2, -0.15) is 4.98 Å². The van der Waals surface area contributed by atoms with Crippen molar-refractivity contribution in [1.29, 1.82) is 0 Å². The van der Waals surface area contributed by atoms with E-state index in [9.17, 15) is 4.79 Å². The van der Waals surface area contributed by atoms with E-state index in [2.05, 4.69) is 20.6 Å². The van der Waals surface area contributed by atoms with E-state index in [1.54, 1.807) is 14.1 Å². The number of anilines is 2. The second kappa shape index (κ2) is 3.05. The number of nitrogens with one attached hydrogen (secondary N) is 3. The van der Waals surface area contributed by atoms with Crippen LogP contribution >= 0.6 is 0 Å². The van der Waals surface area contributed by atoms with Gasteiger partial charge >= 0.3 is 0 Å². The molecule has 0 unspecified atom stereocenters. The molecule has 0 aliphatic rings. The molecule has 1 aromatic heterocycles. The average Bonchev–Trinajstić information content (AvgIpc) is 2.03. The van der Waals surface area contributed by atoms with Gasteiger partial charge in [-0.3, -0.25) is 9.78 Å². The highest BCUT2D eigenvalue weighted by Crippen LogP contribution is 1.98.